The summed E-state index contributed by atoms with van der Waals surface area (Å²) in [5.41, 5.74) is 6.79. The second-order valence-electron chi connectivity index (χ2n) is 6.24. The second-order valence-corrected chi connectivity index (χ2v) is 6.24. The van der Waals surface area contributed by atoms with Gasteiger partial charge in [0.15, 0.2) is 0 Å². The lowest BCUT2D eigenvalue weighted by Gasteiger charge is -2.26. The summed E-state index contributed by atoms with van der Waals surface area (Å²) >= 11 is 0. The Balaban J connectivity index is 1.81. The number of nitrogens with one attached hydrogen (secondary N) is 1. The van der Waals surface area contributed by atoms with Gasteiger partial charge in [-0.2, -0.15) is 0 Å². The zero-order valence-corrected chi connectivity index (χ0v) is 13.4. The van der Waals surface area contributed by atoms with Gasteiger partial charge in [-0.15, -0.1) is 6.58 Å². The van der Waals surface area contributed by atoms with Gasteiger partial charge in [0.05, 0.1) is 0 Å². The molecule has 0 radical (unpaired) electrons. The van der Waals surface area contributed by atoms with Gasteiger partial charge >= 0.3 is 0 Å². The van der Waals surface area contributed by atoms with Crippen molar-refractivity contribution in [2.45, 2.75) is 32.6 Å². The van der Waals surface area contributed by atoms with Crippen LogP contribution in [0.4, 0.5) is 5.69 Å². The van der Waals surface area contributed by atoms with Gasteiger partial charge in [0.2, 0.25) is 0 Å². The summed E-state index contributed by atoms with van der Waals surface area (Å²) in [6.45, 7) is 7.12. The number of aryl methyl sites for hydroxylation is 1. The third kappa shape index (κ3) is 3.24. The first-order valence-electron chi connectivity index (χ1n) is 8.37. The fraction of sp³-hybridized carbons (Fsp3) is 0.333. The van der Waals surface area contributed by atoms with E-state index in [1.165, 1.54) is 40.8 Å². The van der Waals surface area contributed by atoms with Gasteiger partial charge in [0.1, 0.15) is 0 Å². The lowest BCUT2D eigenvalue weighted by Crippen LogP contribution is -2.22. The highest BCUT2D eigenvalue weighted by Crippen LogP contribution is 2.31. The van der Waals surface area contributed by atoms with E-state index in [2.05, 4.69) is 61.3 Å². The number of rotatable bonds is 5. The molecule has 1 aliphatic rings. The third-order valence-electron chi connectivity index (χ3n) is 4.65. The molecule has 0 spiro atoms. The Morgan fingerprint density at radius 1 is 1.18 bits per heavy atom. The number of hydrogen-bond donors (Lipinski definition) is 1. The fourth-order valence-electron chi connectivity index (χ4n) is 3.26. The summed E-state index contributed by atoms with van der Waals surface area (Å²) in [5.74, 6) is 0.736. The first kappa shape index (κ1) is 14.9. The molecule has 0 amide bonds. The molecule has 0 aliphatic carbocycles. The zero-order chi connectivity index (χ0) is 15.4. The summed E-state index contributed by atoms with van der Waals surface area (Å²) < 4.78 is 0. The van der Waals surface area contributed by atoms with Gasteiger partial charge < -0.3 is 5.32 Å². The Hall–Kier alpha value is -2.02. The number of allylic oxidation sites excluding steroid dienone is 1. The largest absolute Gasteiger partial charge is 0.385 e. The Kier molecular flexibility index (Phi) is 4.62. The molecular weight excluding hydrogens is 266 g/mol. The molecule has 0 saturated heterocycles. The SMILES string of the molecule is C=CCC[C@H]1CNc2cc(-c3cccc(CC)c3)ccc2C1. The fourth-order valence-corrected chi connectivity index (χ4v) is 3.26. The Morgan fingerprint density at radius 3 is 2.86 bits per heavy atom. The van der Waals surface area contributed by atoms with Gasteiger partial charge in [0, 0.05) is 12.2 Å². The standard InChI is InChI=1S/C21H25N/c1-3-5-7-17-13-20-11-10-19(14-21(20)22-15-17)18-9-6-8-16(4-2)12-18/h3,6,8-12,14,17,22H,1,4-5,7,13,15H2,2H3/t17-/m1/s1. The normalized spacial score (nSPS) is 16.7. The van der Waals surface area contributed by atoms with Crippen LogP contribution in [0.15, 0.2) is 55.1 Å². The summed E-state index contributed by atoms with van der Waals surface area (Å²) in [7, 11) is 0. The van der Waals surface area contributed by atoms with Crippen molar-refractivity contribution in [3.8, 4) is 11.1 Å². The van der Waals surface area contributed by atoms with Gasteiger partial charge in [0.25, 0.3) is 0 Å². The Morgan fingerprint density at radius 2 is 2.05 bits per heavy atom. The monoisotopic (exact) mass is 291 g/mol. The van der Waals surface area contributed by atoms with E-state index in [4.69, 9.17) is 0 Å². The number of hydrogen-bond acceptors (Lipinski definition) is 1. The summed E-state index contributed by atoms with van der Waals surface area (Å²) in [4.78, 5) is 0. The van der Waals surface area contributed by atoms with Gasteiger partial charge in [-0.1, -0.05) is 49.4 Å². The van der Waals surface area contributed by atoms with Crippen molar-refractivity contribution in [1.82, 2.24) is 0 Å². The highest BCUT2D eigenvalue weighted by Gasteiger charge is 2.18. The molecule has 2 aromatic rings. The average Bonchev–Trinajstić information content (AvgIpc) is 2.59. The van der Waals surface area contributed by atoms with Crippen molar-refractivity contribution < 1.29 is 0 Å². The molecule has 1 heterocycles. The van der Waals surface area contributed by atoms with Crippen LogP contribution in [0.25, 0.3) is 11.1 Å². The molecule has 3 rings (SSSR count). The maximum atomic E-state index is 3.83. The van der Waals surface area contributed by atoms with Gasteiger partial charge in [-0.25, -0.2) is 0 Å². The van der Waals surface area contributed by atoms with Crippen LogP contribution < -0.4 is 5.32 Å². The summed E-state index contributed by atoms with van der Waals surface area (Å²) in [6, 6.07) is 15.8. The minimum Gasteiger partial charge on any atom is -0.385 e. The van der Waals surface area contributed by atoms with Crippen LogP contribution in [0.3, 0.4) is 0 Å². The molecule has 2 aromatic carbocycles. The first-order valence-corrected chi connectivity index (χ1v) is 8.37. The van der Waals surface area contributed by atoms with Gasteiger partial charge in [-0.3, -0.25) is 0 Å². The van der Waals surface area contributed by atoms with Crippen molar-refractivity contribution in [2.75, 3.05) is 11.9 Å². The van der Waals surface area contributed by atoms with Crippen molar-refractivity contribution in [3.63, 3.8) is 0 Å². The predicted molar refractivity (Wildman–Crippen MR) is 96.4 cm³/mol. The zero-order valence-electron chi connectivity index (χ0n) is 13.4. The number of fused-ring (bicyclic) bond motifs is 1. The van der Waals surface area contributed by atoms with Gasteiger partial charge in [-0.05, 0) is 59.9 Å². The third-order valence-corrected chi connectivity index (χ3v) is 4.65. The molecule has 1 atom stereocenters. The van der Waals surface area contributed by atoms with Crippen LogP contribution in [0.5, 0.6) is 0 Å². The molecule has 0 fully saturated rings. The maximum Gasteiger partial charge on any atom is 0.0379 e. The predicted octanol–water partition coefficient (Wildman–Crippen LogP) is 5.47. The highest BCUT2D eigenvalue weighted by atomic mass is 14.9. The Bertz CT molecular complexity index is 657. The molecule has 22 heavy (non-hydrogen) atoms. The quantitative estimate of drug-likeness (QED) is 0.721. The van der Waals surface area contributed by atoms with Crippen molar-refractivity contribution in [3.05, 3.63) is 66.2 Å². The number of benzene rings is 2. The van der Waals surface area contributed by atoms with Crippen molar-refractivity contribution >= 4 is 5.69 Å². The van der Waals surface area contributed by atoms with E-state index in [-0.39, 0.29) is 0 Å². The van der Waals surface area contributed by atoms with Crippen LogP contribution in [-0.2, 0) is 12.8 Å². The van der Waals surface area contributed by atoms with E-state index in [1.54, 1.807) is 0 Å². The molecule has 0 bridgehead atoms. The van der Waals surface area contributed by atoms with Crippen LogP contribution in [0.1, 0.15) is 30.9 Å². The molecule has 0 unspecified atom stereocenters. The Labute approximate surface area is 134 Å². The smallest absolute Gasteiger partial charge is 0.0379 e. The average molecular weight is 291 g/mol. The molecular formula is C21H25N. The molecule has 1 heteroatoms. The topological polar surface area (TPSA) is 12.0 Å². The highest BCUT2D eigenvalue weighted by molar-refractivity contribution is 5.71. The van der Waals surface area contributed by atoms with E-state index in [0.717, 1.165) is 25.3 Å². The van der Waals surface area contributed by atoms with E-state index in [0.29, 0.717) is 0 Å². The van der Waals surface area contributed by atoms with Crippen LogP contribution in [-0.4, -0.2) is 6.54 Å². The maximum absolute atomic E-state index is 3.83. The van der Waals surface area contributed by atoms with E-state index in [9.17, 15) is 0 Å². The molecule has 0 aromatic heterocycles. The van der Waals surface area contributed by atoms with Crippen LogP contribution in [0, 0.1) is 5.92 Å². The molecule has 0 saturated carbocycles. The molecule has 1 N–H and O–H groups in total. The van der Waals surface area contributed by atoms with Crippen molar-refractivity contribution in [2.24, 2.45) is 5.92 Å². The minimum atomic E-state index is 0.736. The lowest BCUT2D eigenvalue weighted by atomic mass is 9.89. The van der Waals surface area contributed by atoms with E-state index < -0.39 is 0 Å². The molecule has 1 nitrogen and oxygen atoms in total. The van der Waals surface area contributed by atoms with Crippen LogP contribution in [0.2, 0.25) is 0 Å². The summed E-state index contributed by atoms with van der Waals surface area (Å²) in [6.07, 6.45) is 6.65. The van der Waals surface area contributed by atoms with Crippen molar-refractivity contribution in [1.29, 1.82) is 0 Å². The lowest BCUT2D eigenvalue weighted by molar-refractivity contribution is 0.501. The second kappa shape index (κ2) is 6.83. The van der Waals surface area contributed by atoms with E-state index >= 15 is 0 Å². The van der Waals surface area contributed by atoms with Crippen LogP contribution >= 0.6 is 0 Å². The molecule has 1 aliphatic heterocycles. The first-order chi connectivity index (χ1) is 10.8. The van der Waals surface area contributed by atoms with E-state index in [1.807, 2.05) is 6.08 Å². The molecule has 114 valence electrons. The number of anilines is 1. The minimum absolute atomic E-state index is 0.736. The summed E-state index contributed by atoms with van der Waals surface area (Å²) in [5, 5.41) is 3.63.